The van der Waals surface area contributed by atoms with Gasteiger partial charge in [0.2, 0.25) is 0 Å². The van der Waals surface area contributed by atoms with Crippen LogP contribution in [0, 0.1) is 12.3 Å². The topological polar surface area (TPSA) is 56.0 Å². The summed E-state index contributed by atoms with van der Waals surface area (Å²) in [7, 11) is 0. The van der Waals surface area contributed by atoms with Crippen LogP contribution in [0.4, 0.5) is 0 Å². The SMILES string of the molecule is Cc1ccc(C(=O)C2(CN)CCCCC2)cn1. The van der Waals surface area contributed by atoms with Crippen molar-refractivity contribution in [1.82, 2.24) is 4.98 Å². The largest absolute Gasteiger partial charge is 0.329 e. The van der Waals surface area contributed by atoms with Gasteiger partial charge in [-0.25, -0.2) is 0 Å². The van der Waals surface area contributed by atoms with E-state index in [0.717, 1.165) is 31.4 Å². The maximum absolute atomic E-state index is 12.5. The van der Waals surface area contributed by atoms with Crippen LogP contribution in [0.5, 0.6) is 0 Å². The smallest absolute Gasteiger partial charge is 0.171 e. The predicted octanol–water partition coefficient (Wildman–Crippen LogP) is 2.48. The molecule has 1 saturated carbocycles. The standard InChI is InChI=1S/C14H20N2O/c1-11-5-6-12(9-16-11)13(17)14(10-15)7-3-2-4-8-14/h5-6,9H,2-4,7-8,10,15H2,1H3. The number of aromatic nitrogens is 1. The average molecular weight is 232 g/mol. The Kier molecular flexibility index (Phi) is 3.57. The summed E-state index contributed by atoms with van der Waals surface area (Å²) in [6.07, 6.45) is 6.99. The monoisotopic (exact) mass is 232 g/mol. The van der Waals surface area contributed by atoms with Gasteiger partial charge in [0, 0.05) is 29.4 Å². The molecule has 1 aliphatic rings. The zero-order valence-corrected chi connectivity index (χ0v) is 10.4. The van der Waals surface area contributed by atoms with E-state index in [1.54, 1.807) is 6.20 Å². The molecule has 0 aliphatic heterocycles. The van der Waals surface area contributed by atoms with E-state index < -0.39 is 0 Å². The van der Waals surface area contributed by atoms with Gasteiger partial charge in [0.1, 0.15) is 0 Å². The molecule has 0 radical (unpaired) electrons. The fourth-order valence-electron chi connectivity index (χ4n) is 2.66. The van der Waals surface area contributed by atoms with Crippen molar-refractivity contribution in [3.8, 4) is 0 Å². The summed E-state index contributed by atoms with van der Waals surface area (Å²) in [4.78, 5) is 16.7. The molecule has 1 aromatic rings. The first-order chi connectivity index (χ1) is 8.18. The first kappa shape index (κ1) is 12.2. The fourth-order valence-corrected chi connectivity index (χ4v) is 2.66. The van der Waals surface area contributed by atoms with Crippen molar-refractivity contribution < 1.29 is 4.79 Å². The lowest BCUT2D eigenvalue weighted by Crippen LogP contribution is -2.40. The average Bonchev–Trinajstić information content (AvgIpc) is 2.39. The molecule has 92 valence electrons. The fraction of sp³-hybridized carbons (Fsp3) is 0.571. The summed E-state index contributed by atoms with van der Waals surface area (Å²) < 4.78 is 0. The lowest BCUT2D eigenvalue weighted by Gasteiger charge is -2.34. The van der Waals surface area contributed by atoms with Crippen molar-refractivity contribution in [2.45, 2.75) is 39.0 Å². The van der Waals surface area contributed by atoms with Crippen molar-refractivity contribution in [1.29, 1.82) is 0 Å². The Morgan fingerprint density at radius 1 is 1.35 bits per heavy atom. The number of hydrogen-bond donors (Lipinski definition) is 1. The predicted molar refractivity (Wildman–Crippen MR) is 67.9 cm³/mol. The van der Waals surface area contributed by atoms with Crippen molar-refractivity contribution in [2.75, 3.05) is 6.54 Å². The van der Waals surface area contributed by atoms with E-state index in [4.69, 9.17) is 5.73 Å². The van der Waals surface area contributed by atoms with Gasteiger partial charge in [0.05, 0.1) is 0 Å². The molecule has 1 heterocycles. The molecule has 2 rings (SSSR count). The second-order valence-electron chi connectivity index (χ2n) is 5.06. The number of carbonyl (C=O) groups excluding carboxylic acids is 1. The molecule has 0 spiro atoms. The lowest BCUT2D eigenvalue weighted by molar-refractivity contribution is 0.0729. The summed E-state index contributed by atoms with van der Waals surface area (Å²) >= 11 is 0. The van der Waals surface area contributed by atoms with Crippen LogP contribution in [-0.2, 0) is 0 Å². The van der Waals surface area contributed by atoms with Crippen LogP contribution >= 0.6 is 0 Å². The van der Waals surface area contributed by atoms with Crippen LogP contribution < -0.4 is 5.73 Å². The minimum Gasteiger partial charge on any atom is -0.329 e. The maximum Gasteiger partial charge on any atom is 0.171 e. The molecule has 0 atom stereocenters. The molecule has 17 heavy (non-hydrogen) atoms. The summed E-state index contributed by atoms with van der Waals surface area (Å²) in [5, 5.41) is 0. The number of rotatable bonds is 3. The molecule has 1 aromatic heterocycles. The van der Waals surface area contributed by atoms with Crippen LogP contribution in [0.3, 0.4) is 0 Å². The number of hydrogen-bond acceptors (Lipinski definition) is 3. The van der Waals surface area contributed by atoms with Crippen molar-refractivity contribution >= 4 is 5.78 Å². The van der Waals surface area contributed by atoms with Crippen molar-refractivity contribution in [2.24, 2.45) is 11.1 Å². The Bertz CT molecular complexity index is 391. The molecule has 1 aliphatic carbocycles. The Morgan fingerprint density at radius 3 is 2.59 bits per heavy atom. The summed E-state index contributed by atoms with van der Waals surface area (Å²) in [5.41, 5.74) is 7.19. The quantitative estimate of drug-likeness (QED) is 0.814. The zero-order chi connectivity index (χ0) is 12.3. The highest BCUT2D eigenvalue weighted by Crippen LogP contribution is 2.38. The third-order valence-electron chi connectivity index (χ3n) is 3.86. The lowest BCUT2D eigenvalue weighted by atomic mass is 9.69. The van der Waals surface area contributed by atoms with Gasteiger partial charge >= 0.3 is 0 Å². The highest BCUT2D eigenvalue weighted by atomic mass is 16.1. The third-order valence-corrected chi connectivity index (χ3v) is 3.86. The van der Waals surface area contributed by atoms with Gasteiger partial charge in [-0.3, -0.25) is 9.78 Å². The highest BCUT2D eigenvalue weighted by molar-refractivity contribution is 6.00. The molecule has 0 amide bonds. The normalized spacial score (nSPS) is 18.9. The van der Waals surface area contributed by atoms with Gasteiger partial charge in [-0.05, 0) is 31.9 Å². The third kappa shape index (κ3) is 2.39. The van der Waals surface area contributed by atoms with E-state index in [2.05, 4.69) is 4.98 Å². The summed E-state index contributed by atoms with van der Waals surface area (Å²) in [5.74, 6) is 0.187. The minimum atomic E-state index is -0.324. The Balaban J connectivity index is 2.25. The number of aryl methyl sites for hydroxylation is 1. The van der Waals surface area contributed by atoms with Crippen LogP contribution in [0.1, 0.15) is 48.2 Å². The first-order valence-corrected chi connectivity index (χ1v) is 6.35. The number of carbonyl (C=O) groups is 1. The molecule has 0 aromatic carbocycles. The van der Waals surface area contributed by atoms with Gasteiger partial charge in [-0.15, -0.1) is 0 Å². The van der Waals surface area contributed by atoms with Crippen LogP contribution in [0.25, 0.3) is 0 Å². The summed E-state index contributed by atoms with van der Waals surface area (Å²) in [6, 6.07) is 3.76. The Hall–Kier alpha value is -1.22. The van der Waals surface area contributed by atoms with E-state index in [1.165, 1.54) is 6.42 Å². The van der Waals surface area contributed by atoms with E-state index in [9.17, 15) is 4.79 Å². The number of ketones is 1. The first-order valence-electron chi connectivity index (χ1n) is 6.35. The maximum atomic E-state index is 12.5. The highest BCUT2D eigenvalue weighted by Gasteiger charge is 2.38. The second kappa shape index (κ2) is 4.96. The molecule has 0 bridgehead atoms. The Labute approximate surface area is 102 Å². The van der Waals surface area contributed by atoms with Gasteiger partial charge in [-0.1, -0.05) is 19.3 Å². The van der Waals surface area contributed by atoms with Gasteiger partial charge in [-0.2, -0.15) is 0 Å². The van der Waals surface area contributed by atoms with Gasteiger partial charge < -0.3 is 5.73 Å². The van der Waals surface area contributed by atoms with Crippen molar-refractivity contribution in [3.63, 3.8) is 0 Å². The molecule has 3 nitrogen and oxygen atoms in total. The van der Waals surface area contributed by atoms with E-state index in [-0.39, 0.29) is 11.2 Å². The summed E-state index contributed by atoms with van der Waals surface area (Å²) in [6.45, 7) is 2.38. The zero-order valence-electron chi connectivity index (χ0n) is 10.4. The minimum absolute atomic E-state index is 0.187. The molecule has 2 N–H and O–H groups in total. The van der Waals surface area contributed by atoms with Gasteiger partial charge in [0.25, 0.3) is 0 Å². The number of nitrogens with zero attached hydrogens (tertiary/aromatic N) is 1. The number of nitrogens with two attached hydrogens (primary N) is 1. The molecule has 3 heteroatoms. The van der Waals surface area contributed by atoms with Gasteiger partial charge in [0.15, 0.2) is 5.78 Å². The number of Topliss-reactive ketones (excluding diaryl/α,β-unsaturated/α-hetero) is 1. The van der Waals surface area contributed by atoms with Crippen LogP contribution in [0.15, 0.2) is 18.3 Å². The molecule has 1 fully saturated rings. The molecular formula is C14H20N2O. The van der Waals surface area contributed by atoms with Crippen LogP contribution in [-0.4, -0.2) is 17.3 Å². The van der Waals surface area contributed by atoms with E-state index in [0.29, 0.717) is 12.1 Å². The van der Waals surface area contributed by atoms with Crippen LogP contribution in [0.2, 0.25) is 0 Å². The van der Waals surface area contributed by atoms with E-state index in [1.807, 2.05) is 19.1 Å². The van der Waals surface area contributed by atoms with E-state index >= 15 is 0 Å². The second-order valence-corrected chi connectivity index (χ2v) is 5.06. The Morgan fingerprint density at radius 2 is 2.06 bits per heavy atom. The molecule has 0 saturated heterocycles. The molecule has 0 unspecified atom stereocenters. The molecular weight excluding hydrogens is 212 g/mol. The van der Waals surface area contributed by atoms with Crippen molar-refractivity contribution in [3.05, 3.63) is 29.6 Å². The number of pyridine rings is 1.